The summed E-state index contributed by atoms with van der Waals surface area (Å²) in [5, 5.41) is 4.15. The minimum atomic E-state index is -0.260. The van der Waals surface area contributed by atoms with E-state index in [9.17, 15) is 4.39 Å². The van der Waals surface area contributed by atoms with Crippen LogP contribution in [-0.4, -0.2) is 26.7 Å². The van der Waals surface area contributed by atoms with E-state index in [0.29, 0.717) is 11.7 Å². The van der Waals surface area contributed by atoms with E-state index in [1.54, 1.807) is 25.4 Å². The third kappa shape index (κ3) is 4.19. The number of pyridine rings is 1. The Bertz CT molecular complexity index is 1240. The second-order valence-corrected chi connectivity index (χ2v) is 8.27. The highest BCUT2D eigenvalue weighted by Crippen LogP contribution is 2.40. The molecule has 5 nitrogen and oxygen atoms in total. The standard InChI is InChI=1S/C26H23FN4OS/c1-32-21-13-7-18(8-14-21)17-31-25(24(29-26(31)33)22-5-2-3-15-28-22)23-6-4-16-30(23)20-11-9-19(27)10-12-20/h2-16,24-25H,17H2,1H3,(H,29,33)/t24-,25+/m1/s1. The molecule has 0 aliphatic carbocycles. The van der Waals surface area contributed by atoms with Gasteiger partial charge in [0.15, 0.2) is 5.11 Å². The fourth-order valence-corrected chi connectivity index (χ4v) is 4.60. The van der Waals surface area contributed by atoms with Gasteiger partial charge in [0.1, 0.15) is 11.6 Å². The van der Waals surface area contributed by atoms with Crippen LogP contribution >= 0.6 is 12.2 Å². The Labute approximate surface area is 197 Å². The largest absolute Gasteiger partial charge is 0.497 e. The summed E-state index contributed by atoms with van der Waals surface area (Å²) in [5.41, 5.74) is 3.96. The molecule has 1 saturated heterocycles. The molecule has 0 unspecified atom stereocenters. The molecule has 1 aliphatic heterocycles. The van der Waals surface area contributed by atoms with Gasteiger partial charge < -0.3 is 19.5 Å². The van der Waals surface area contributed by atoms with E-state index in [-0.39, 0.29) is 17.9 Å². The Morgan fingerprint density at radius 1 is 1.00 bits per heavy atom. The molecule has 0 amide bonds. The van der Waals surface area contributed by atoms with Gasteiger partial charge in [-0.15, -0.1) is 0 Å². The van der Waals surface area contributed by atoms with E-state index in [0.717, 1.165) is 28.4 Å². The molecule has 3 heterocycles. The summed E-state index contributed by atoms with van der Waals surface area (Å²) in [6.45, 7) is 0.623. The Hall–Kier alpha value is -3.71. The Morgan fingerprint density at radius 2 is 1.79 bits per heavy atom. The lowest BCUT2D eigenvalue weighted by atomic mass is 10.0. The summed E-state index contributed by atoms with van der Waals surface area (Å²) in [6.07, 6.45) is 3.78. The van der Waals surface area contributed by atoms with Crippen molar-refractivity contribution < 1.29 is 9.13 Å². The molecule has 0 bridgehead atoms. The molecule has 0 saturated carbocycles. The van der Waals surface area contributed by atoms with Crippen molar-refractivity contribution in [1.82, 2.24) is 19.8 Å². The molecule has 0 spiro atoms. The van der Waals surface area contributed by atoms with E-state index >= 15 is 0 Å². The van der Waals surface area contributed by atoms with Crippen LogP contribution in [0, 0.1) is 5.82 Å². The molecular weight excluding hydrogens is 435 g/mol. The molecular formula is C26H23FN4OS. The highest BCUT2D eigenvalue weighted by molar-refractivity contribution is 7.80. The number of halogens is 1. The average molecular weight is 459 g/mol. The normalized spacial score (nSPS) is 17.8. The van der Waals surface area contributed by atoms with E-state index < -0.39 is 0 Å². The maximum atomic E-state index is 13.6. The molecule has 5 rings (SSSR count). The Morgan fingerprint density at radius 3 is 2.48 bits per heavy atom. The minimum Gasteiger partial charge on any atom is -0.497 e. The fourth-order valence-electron chi connectivity index (χ4n) is 4.30. The summed E-state index contributed by atoms with van der Waals surface area (Å²) >= 11 is 5.80. The third-order valence-corrected chi connectivity index (χ3v) is 6.25. The Kier molecular flexibility index (Phi) is 5.79. The highest BCUT2D eigenvalue weighted by atomic mass is 32.1. The van der Waals surface area contributed by atoms with E-state index in [2.05, 4.69) is 25.8 Å². The monoisotopic (exact) mass is 458 g/mol. The Balaban J connectivity index is 1.57. The molecule has 7 heteroatoms. The molecule has 1 fully saturated rings. The van der Waals surface area contributed by atoms with Crippen LogP contribution in [0.25, 0.3) is 5.69 Å². The molecule has 1 aliphatic rings. The number of ether oxygens (including phenoxy) is 1. The van der Waals surface area contributed by atoms with Crippen molar-refractivity contribution in [2.24, 2.45) is 0 Å². The molecule has 33 heavy (non-hydrogen) atoms. The lowest BCUT2D eigenvalue weighted by Gasteiger charge is -2.29. The number of methoxy groups -OCH3 is 1. The number of benzene rings is 2. The number of rotatable bonds is 6. The van der Waals surface area contributed by atoms with Crippen molar-refractivity contribution in [1.29, 1.82) is 0 Å². The van der Waals surface area contributed by atoms with Gasteiger partial charge in [-0.2, -0.15) is 0 Å². The number of aromatic nitrogens is 2. The molecule has 2 aromatic heterocycles. The van der Waals surface area contributed by atoms with Crippen LogP contribution in [0.3, 0.4) is 0 Å². The second kappa shape index (κ2) is 9.03. The number of hydrogen-bond acceptors (Lipinski definition) is 3. The van der Waals surface area contributed by atoms with Gasteiger partial charge in [-0.1, -0.05) is 18.2 Å². The van der Waals surface area contributed by atoms with Crippen LogP contribution in [0.15, 0.2) is 91.3 Å². The molecule has 2 aromatic carbocycles. The van der Waals surface area contributed by atoms with Gasteiger partial charge in [0.25, 0.3) is 0 Å². The maximum Gasteiger partial charge on any atom is 0.170 e. The van der Waals surface area contributed by atoms with Gasteiger partial charge in [0.2, 0.25) is 0 Å². The van der Waals surface area contributed by atoms with Crippen molar-refractivity contribution in [3.63, 3.8) is 0 Å². The summed E-state index contributed by atoms with van der Waals surface area (Å²) in [7, 11) is 1.66. The smallest absolute Gasteiger partial charge is 0.170 e. The quantitative estimate of drug-likeness (QED) is 0.403. The van der Waals surface area contributed by atoms with Crippen LogP contribution < -0.4 is 10.1 Å². The fraction of sp³-hybridized carbons (Fsp3) is 0.154. The molecule has 0 radical (unpaired) electrons. The number of hydrogen-bond donors (Lipinski definition) is 1. The third-order valence-electron chi connectivity index (χ3n) is 5.90. The predicted octanol–water partition coefficient (Wildman–Crippen LogP) is 5.19. The summed E-state index contributed by atoms with van der Waals surface area (Å²) in [4.78, 5) is 6.80. The molecule has 2 atom stereocenters. The van der Waals surface area contributed by atoms with Crippen LogP contribution in [0.1, 0.15) is 29.0 Å². The van der Waals surface area contributed by atoms with Crippen molar-refractivity contribution in [3.8, 4) is 11.4 Å². The van der Waals surface area contributed by atoms with Crippen molar-refractivity contribution in [3.05, 3.63) is 114 Å². The second-order valence-electron chi connectivity index (χ2n) is 7.88. The average Bonchev–Trinajstić information content (AvgIpc) is 3.45. The first-order chi connectivity index (χ1) is 16.1. The van der Waals surface area contributed by atoms with Gasteiger partial charge in [0.05, 0.1) is 24.9 Å². The molecule has 166 valence electrons. The minimum absolute atomic E-state index is 0.116. The summed E-state index contributed by atoms with van der Waals surface area (Å²) < 4.78 is 20.9. The van der Waals surface area contributed by atoms with Crippen LogP contribution in [0.5, 0.6) is 5.75 Å². The number of nitrogens with zero attached hydrogens (tertiary/aromatic N) is 3. The van der Waals surface area contributed by atoms with Crippen LogP contribution in [-0.2, 0) is 6.54 Å². The van der Waals surface area contributed by atoms with E-state index in [4.69, 9.17) is 17.0 Å². The highest BCUT2D eigenvalue weighted by Gasteiger charge is 2.41. The molecule has 4 aromatic rings. The van der Waals surface area contributed by atoms with Gasteiger partial charge in [-0.25, -0.2) is 4.39 Å². The first-order valence-corrected chi connectivity index (χ1v) is 11.1. The van der Waals surface area contributed by atoms with Gasteiger partial charge in [0, 0.05) is 30.3 Å². The SMILES string of the molecule is COc1ccc(CN2C(=S)N[C@H](c3ccccn3)[C@@H]2c2cccn2-c2ccc(F)cc2)cc1. The lowest BCUT2D eigenvalue weighted by Crippen LogP contribution is -2.30. The summed E-state index contributed by atoms with van der Waals surface area (Å²) in [5.74, 6) is 0.553. The van der Waals surface area contributed by atoms with Crippen molar-refractivity contribution in [2.45, 2.75) is 18.6 Å². The van der Waals surface area contributed by atoms with Crippen molar-refractivity contribution >= 4 is 17.3 Å². The van der Waals surface area contributed by atoms with E-state index in [1.165, 1.54) is 12.1 Å². The lowest BCUT2D eigenvalue weighted by molar-refractivity contribution is 0.302. The van der Waals surface area contributed by atoms with Crippen LogP contribution in [0.2, 0.25) is 0 Å². The van der Waals surface area contributed by atoms with Gasteiger partial charge >= 0.3 is 0 Å². The maximum absolute atomic E-state index is 13.6. The predicted molar refractivity (Wildman–Crippen MR) is 130 cm³/mol. The van der Waals surface area contributed by atoms with Crippen molar-refractivity contribution in [2.75, 3.05) is 7.11 Å². The van der Waals surface area contributed by atoms with Gasteiger partial charge in [-0.3, -0.25) is 4.98 Å². The number of nitrogens with one attached hydrogen (secondary N) is 1. The topological polar surface area (TPSA) is 42.3 Å². The van der Waals surface area contributed by atoms with E-state index in [1.807, 2.05) is 54.7 Å². The zero-order valence-electron chi connectivity index (χ0n) is 18.1. The first kappa shape index (κ1) is 21.2. The summed E-state index contributed by atoms with van der Waals surface area (Å²) in [6, 6.07) is 24.2. The van der Waals surface area contributed by atoms with Gasteiger partial charge in [-0.05, 0) is 78.4 Å². The zero-order chi connectivity index (χ0) is 22.8. The first-order valence-electron chi connectivity index (χ1n) is 10.7. The van der Waals surface area contributed by atoms with Crippen LogP contribution in [0.4, 0.5) is 4.39 Å². The zero-order valence-corrected chi connectivity index (χ0v) is 18.9. The number of thiocarbonyl (C=S) groups is 1. The molecule has 1 N–H and O–H groups in total.